The van der Waals surface area contributed by atoms with Crippen LogP contribution >= 0.6 is 23.2 Å². The van der Waals surface area contributed by atoms with Crippen molar-refractivity contribution in [2.45, 2.75) is 27.2 Å². The minimum Gasteiger partial charge on any atom is -0.326 e. The minimum atomic E-state index is -0.205. The molecule has 0 saturated heterocycles. The Labute approximate surface area is 157 Å². The van der Waals surface area contributed by atoms with E-state index in [2.05, 4.69) is 5.32 Å². The molecule has 25 heavy (non-hydrogen) atoms. The molecule has 0 heterocycles. The van der Waals surface area contributed by atoms with Crippen molar-refractivity contribution in [3.05, 3.63) is 57.6 Å². The molecule has 0 aliphatic heterocycles. The third-order valence-corrected chi connectivity index (χ3v) is 4.57. The van der Waals surface area contributed by atoms with E-state index in [0.717, 1.165) is 16.8 Å². The first-order chi connectivity index (χ1) is 11.8. The van der Waals surface area contributed by atoms with Crippen molar-refractivity contribution in [1.29, 1.82) is 0 Å². The Morgan fingerprint density at radius 2 is 1.84 bits per heavy atom. The normalized spacial score (nSPS) is 10.4. The average molecular weight is 379 g/mol. The zero-order valence-corrected chi connectivity index (χ0v) is 15.9. The summed E-state index contributed by atoms with van der Waals surface area (Å²) in [5.41, 5.74) is 3.41. The van der Waals surface area contributed by atoms with Crippen LogP contribution in [0.1, 0.15) is 24.5 Å². The Kier molecular flexibility index (Phi) is 6.45. The lowest BCUT2D eigenvalue weighted by Crippen LogP contribution is -2.32. The molecule has 132 valence electrons. The quantitative estimate of drug-likeness (QED) is 0.796. The van der Waals surface area contributed by atoms with Gasteiger partial charge in [-0.1, -0.05) is 35.3 Å². The lowest BCUT2D eigenvalue weighted by Gasteiger charge is -2.22. The summed E-state index contributed by atoms with van der Waals surface area (Å²) in [6.45, 7) is 5.59. The van der Waals surface area contributed by atoms with Crippen LogP contribution in [0.25, 0.3) is 0 Å². The lowest BCUT2D eigenvalue weighted by atomic mass is 10.1. The highest BCUT2D eigenvalue weighted by Gasteiger charge is 2.17. The van der Waals surface area contributed by atoms with Crippen LogP contribution in [0.4, 0.5) is 11.4 Å². The maximum Gasteiger partial charge on any atom is 0.226 e. The highest BCUT2D eigenvalue weighted by atomic mass is 35.5. The second-order valence-corrected chi connectivity index (χ2v) is 6.66. The van der Waals surface area contributed by atoms with Gasteiger partial charge in [-0.2, -0.15) is 0 Å². The number of aryl methyl sites for hydroxylation is 1. The van der Waals surface area contributed by atoms with Gasteiger partial charge in [0.25, 0.3) is 0 Å². The second kappa shape index (κ2) is 8.37. The highest BCUT2D eigenvalue weighted by molar-refractivity contribution is 6.35. The van der Waals surface area contributed by atoms with Gasteiger partial charge in [-0.15, -0.1) is 0 Å². The number of carbonyl (C=O) groups is 2. The summed E-state index contributed by atoms with van der Waals surface area (Å²) in [5.74, 6) is -0.373. The average Bonchev–Trinajstić information content (AvgIpc) is 2.55. The summed E-state index contributed by atoms with van der Waals surface area (Å²) in [5, 5.41) is 3.78. The second-order valence-electron chi connectivity index (χ2n) is 5.81. The predicted octanol–water partition coefficient (Wildman–Crippen LogP) is 4.99. The number of amides is 2. The van der Waals surface area contributed by atoms with E-state index >= 15 is 0 Å². The Bertz CT molecular complexity index is 806. The monoisotopic (exact) mass is 378 g/mol. The first-order valence-corrected chi connectivity index (χ1v) is 8.64. The largest absolute Gasteiger partial charge is 0.326 e. The number of halogens is 2. The van der Waals surface area contributed by atoms with Gasteiger partial charge >= 0.3 is 0 Å². The molecule has 0 saturated carbocycles. The summed E-state index contributed by atoms with van der Waals surface area (Å²) in [4.78, 5) is 25.7. The standard InChI is InChI=1S/C19H20Cl2N2O2/c1-12-5-4-6-17(13(12)2)22-19(25)9-10-23(14(3)24)18-11-15(20)7-8-16(18)21/h4-8,11H,9-10H2,1-3H3,(H,22,25). The molecule has 0 spiro atoms. The lowest BCUT2D eigenvalue weighted by molar-refractivity contribution is -0.117. The number of carbonyl (C=O) groups excluding carboxylic acids is 2. The van der Waals surface area contributed by atoms with Gasteiger partial charge < -0.3 is 10.2 Å². The maximum atomic E-state index is 12.3. The van der Waals surface area contributed by atoms with Crippen molar-refractivity contribution in [2.75, 3.05) is 16.8 Å². The van der Waals surface area contributed by atoms with E-state index in [1.807, 2.05) is 32.0 Å². The molecule has 0 aliphatic rings. The van der Waals surface area contributed by atoms with Crippen LogP contribution in [0.5, 0.6) is 0 Å². The van der Waals surface area contributed by atoms with Crippen molar-refractivity contribution in [3.8, 4) is 0 Å². The van der Waals surface area contributed by atoms with Gasteiger partial charge in [0.05, 0.1) is 10.7 Å². The molecule has 2 rings (SSSR count). The van der Waals surface area contributed by atoms with Crippen LogP contribution in [-0.4, -0.2) is 18.4 Å². The van der Waals surface area contributed by atoms with Crippen molar-refractivity contribution in [1.82, 2.24) is 0 Å². The van der Waals surface area contributed by atoms with Gasteiger partial charge in [0.1, 0.15) is 0 Å². The summed E-state index contributed by atoms with van der Waals surface area (Å²) in [7, 11) is 0. The van der Waals surface area contributed by atoms with E-state index in [4.69, 9.17) is 23.2 Å². The number of nitrogens with zero attached hydrogens (tertiary/aromatic N) is 1. The van der Waals surface area contributed by atoms with E-state index in [-0.39, 0.29) is 24.8 Å². The molecular weight excluding hydrogens is 359 g/mol. The first kappa shape index (κ1) is 19.3. The Morgan fingerprint density at radius 3 is 2.52 bits per heavy atom. The van der Waals surface area contributed by atoms with E-state index in [0.29, 0.717) is 15.7 Å². The molecule has 0 radical (unpaired) electrons. The molecule has 0 aliphatic carbocycles. The molecule has 2 aromatic carbocycles. The first-order valence-electron chi connectivity index (χ1n) is 7.89. The van der Waals surface area contributed by atoms with E-state index in [1.54, 1.807) is 18.2 Å². The topological polar surface area (TPSA) is 49.4 Å². The van der Waals surface area contributed by atoms with Gasteiger partial charge in [0.2, 0.25) is 11.8 Å². The van der Waals surface area contributed by atoms with E-state index in [1.165, 1.54) is 11.8 Å². The SMILES string of the molecule is CC(=O)N(CCC(=O)Nc1cccc(C)c1C)c1cc(Cl)ccc1Cl. The van der Waals surface area contributed by atoms with Crippen molar-refractivity contribution in [2.24, 2.45) is 0 Å². The molecular formula is C19H20Cl2N2O2. The number of anilines is 2. The van der Waals surface area contributed by atoms with Crippen LogP contribution in [0, 0.1) is 13.8 Å². The van der Waals surface area contributed by atoms with Crippen molar-refractivity contribution < 1.29 is 9.59 Å². The molecule has 0 fully saturated rings. The number of hydrogen-bond acceptors (Lipinski definition) is 2. The van der Waals surface area contributed by atoms with Crippen molar-refractivity contribution in [3.63, 3.8) is 0 Å². The van der Waals surface area contributed by atoms with Gasteiger partial charge in [0, 0.05) is 30.6 Å². The fourth-order valence-electron chi connectivity index (χ4n) is 2.45. The van der Waals surface area contributed by atoms with Crippen LogP contribution in [0.2, 0.25) is 10.0 Å². The summed E-state index contributed by atoms with van der Waals surface area (Å²) in [6, 6.07) is 10.6. The van der Waals surface area contributed by atoms with Crippen LogP contribution < -0.4 is 10.2 Å². The molecule has 0 unspecified atom stereocenters. The van der Waals surface area contributed by atoms with E-state index < -0.39 is 0 Å². The number of rotatable bonds is 5. The van der Waals surface area contributed by atoms with Gasteiger partial charge in [-0.3, -0.25) is 9.59 Å². The zero-order valence-electron chi connectivity index (χ0n) is 14.4. The Balaban J connectivity index is 2.08. The third kappa shape index (κ3) is 4.97. The van der Waals surface area contributed by atoms with Crippen LogP contribution in [-0.2, 0) is 9.59 Å². The van der Waals surface area contributed by atoms with Crippen molar-refractivity contribution >= 4 is 46.4 Å². The van der Waals surface area contributed by atoms with Gasteiger partial charge in [-0.05, 0) is 49.2 Å². The Morgan fingerprint density at radius 1 is 1.12 bits per heavy atom. The molecule has 6 heteroatoms. The number of benzene rings is 2. The third-order valence-electron chi connectivity index (χ3n) is 4.02. The summed E-state index contributed by atoms with van der Waals surface area (Å²) in [6.07, 6.45) is 0.149. The van der Waals surface area contributed by atoms with Crippen LogP contribution in [0.3, 0.4) is 0 Å². The van der Waals surface area contributed by atoms with Crippen LogP contribution in [0.15, 0.2) is 36.4 Å². The Hall–Kier alpha value is -2.04. The van der Waals surface area contributed by atoms with Gasteiger partial charge in [-0.25, -0.2) is 0 Å². The molecule has 2 amide bonds. The minimum absolute atomic E-state index is 0.149. The molecule has 2 aromatic rings. The summed E-state index contributed by atoms with van der Waals surface area (Å²) < 4.78 is 0. The smallest absolute Gasteiger partial charge is 0.226 e. The molecule has 1 N–H and O–H groups in total. The highest BCUT2D eigenvalue weighted by Crippen LogP contribution is 2.29. The fraction of sp³-hybridized carbons (Fsp3) is 0.263. The molecule has 0 aromatic heterocycles. The zero-order chi connectivity index (χ0) is 18.6. The molecule has 0 atom stereocenters. The molecule has 0 bridgehead atoms. The number of nitrogens with one attached hydrogen (secondary N) is 1. The van der Waals surface area contributed by atoms with Gasteiger partial charge in [0.15, 0.2) is 0 Å². The fourth-order valence-corrected chi connectivity index (χ4v) is 2.84. The number of hydrogen-bond donors (Lipinski definition) is 1. The predicted molar refractivity (Wildman–Crippen MR) is 104 cm³/mol. The molecule has 4 nitrogen and oxygen atoms in total. The summed E-state index contributed by atoms with van der Waals surface area (Å²) >= 11 is 12.2. The maximum absolute atomic E-state index is 12.3. The van der Waals surface area contributed by atoms with E-state index in [9.17, 15) is 9.59 Å².